The zero-order valence-corrected chi connectivity index (χ0v) is 11.1. The minimum atomic E-state index is 0.690. The molecule has 0 saturated heterocycles. The molecule has 2 nitrogen and oxygen atoms in total. The molecule has 0 bridgehead atoms. The van der Waals surface area contributed by atoms with E-state index in [2.05, 4.69) is 43.3 Å². The molecule has 2 heteroatoms. The SMILES string of the molecule is Cc1cccc2c(/C=C3\CCCCC3C)noc12. The molecule has 1 unspecified atom stereocenters. The minimum Gasteiger partial charge on any atom is -0.355 e. The zero-order chi connectivity index (χ0) is 12.5. The van der Waals surface area contributed by atoms with Crippen LogP contribution in [0.1, 0.15) is 43.9 Å². The summed E-state index contributed by atoms with van der Waals surface area (Å²) < 4.78 is 5.46. The fourth-order valence-electron chi connectivity index (χ4n) is 2.82. The van der Waals surface area contributed by atoms with Crippen LogP contribution >= 0.6 is 0 Å². The Bertz CT molecular complexity index is 594. The van der Waals surface area contributed by atoms with Crippen LogP contribution in [0.2, 0.25) is 0 Å². The van der Waals surface area contributed by atoms with Crippen molar-refractivity contribution in [1.82, 2.24) is 5.16 Å². The van der Waals surface area contributed by atoms with Crippen LogP contribution in [-0.4, -0.2) is 5.16 Å². The van der Waals surface area contributed by atoms with Crippen molar-refractivity contribution in [2.45, 2.75) is 39.5 Å². The monoisotopic (exact) mass is 241 g/mol. The first-order valence-electron chi connectivity index (χ1n) is 6.81. The number of aromatic nitrogens is 1. The van der Waals surface area contributed by atoms with Gasteiger partial charge in [-0.25, -0.2) is 0 Å². The van der Waals surface area contributed by atoms with E-state index in [4.69, 9.17) is 4.52 Å². The maximum absolute atomic E-state index is 5.46. The van der Waals surface area contributed by atoms with E-state index in [1.807, 2.05) is 0 Å². The van der Waals surface area contributed by atoms with E-state index in [9.17, 15) is 0 Å². The van der Waals surface area contributed by atoms with Crippen LogP contribution in [0.4, 0.5) is 0 Å². The first kappa shape index (κ1) is 11.5. The van der Waals surface area contributed by atoms with E-state index in [0.717, 1.165) is 22.2 Å². The third-order valence-electron chi connectivity index (χ3n) is 4.03. The Balaban J connectivity index is 2.04. The van der Waals surface area contributed by atoms with E-state index in [1.165, 1.54) is 31.3 Å². The molecule has 1 aromatic heterocycles. The van der Waals surface area contributed by atoms with E-state index < -0.39 is 0 Å². The van der Waals surface area contributed by atoms with Crippen molar-refractivity contribution in [3.63, 3.8) is 0 Å². The molecule has 1 heterocycles. The molecule has 18 heavy (non-hydrogen) atoms. The lowest BCUT2D eigenvalue weighted by Gasteiger charge is -2.21. The molecule has 0 aliphatic heterocycles. The van der Waals surface area contributed by atoms with Crippen molar-refractivity contribution in [1.29, 1.82) is 0 Å². The van der Waals surface area contributed by atoms with Crippen molar-refractivity contribution >= 4 is 17.0 Å². The van der Waals surface area contributed by atoms with E-state index in [-0.39, 0.29) is 0 Å². The molecule has 0 amide bonds. The third kappa shape index (κ3) is 1.96. The quantitative estimate of drug-likeness (QED) is 0.721. The number of benzene rings is 1. The van der Waals surface area contributed by atoms with Gasteiger partial charge in [0.1, 0.15) is 5.69 Å². The fourth-order valence-corrected chi connectivity index (χ4v) is 2.82. The van der Waals surface area contributed by atoms with E-state index >= 15 is 0 Å². The number of hydrogen-bond donors (Lipinski definition) is 0. The van der Waals surface area contributed by atoms with Crippen LogP contribution in [0.25, 0.3) is 17.0 Å². The molecule has 1 saturated carbocycles. The van der Waals surface area contributed by atoms with E-state index in [1.54, 1.807) is 0 Å². The first-order chi connectivity index (χ1) is 8.75. The van der Waals surface area contributed by atoms with Gasteiger partial charge in [0, 0.05) is 5.39 Å². The van der Waals surface area contributed by atoms with Gasteiger partial charge in [-0.1, -0.05) is 36.2 Å². The number of allylic oxidation sites excluding steroid dienone is 1. The van der Waals surface area contributed by atoms with Crippen LogP contribution in [-0.2, 0) is 0 Å². The summed E-state index contributed by atoms with van der Waals surface area (Å²) in [5.41, 5.74) is 4.60. The largest absolute Gasteiger partial charge is 0.355 e. The Kier molecular flexibility index (Phi) is 2.94. The van der Waals surface area contributed by atoms with Gasteiger partial charge in [-0.2, -0.15) is 0 Å². The third-order valence-corrected chi connectivity index (χ3v) is 4.03. The number of nitrogens with zero attached hydrogens (tertiary/aromatic N) is 1. The van der Waals surface area contributed by atoms with Crippen LogP contribution in [0.3, 0.4) is 0 Å². The Labute approximate surface area is 108 Å². The summed E-state index contributed by atoms with van der Waals surface area (Å²) in [5, 5.41) is 5.37. The summed E-state index contributed by atoms with van der Waals surface area (Å²) in [6, 6.07) is 6.23. The Morgan fingerprint density at radius 2 is 2.22 bits per heavy atom. The number of aryl methyl sites for hydroxylation is 1. The van der Waals surface area contributed by atoms with Gasteiger partial charge in [0.15, 0.2) is 5.58 Å². The van der Waals surface area contributed by atoms with Gasteiger partial charge in [0.2, 0.25) is 0 Å². The second-order valence-electron chi connectivity index (χ2n) is 5.39. The van der Waals surface area contributed by atoms with Gasteiger partial charge in [0.05, 0.1) is 0 Å². The summed E-state index contributed by atoms with van der Waals surface area (Å²) in [6.45, 7) is 4.38. The molecular weight excluding hydrogens is 222 g/mol. The van der Waals surface area contributed by atoms with Gasteiger partial charge >= 0.3 is 0 Å². The topological polar surface area (TPSA) is 26.0 Å². The molecule has 1 aliphatic carbocycles. The van der Waals surface area contributed by atoms with Crippen LogP contribution in [0, 0.1) is 12.8 Å². The van der Waals surface area contributed by atoms with Gasteiger partial charge in [0.25, 0.3) is 0 Å². The lowest BCUT2D eigenvalue weighted by molar-refractivity contribution is 0.452. The summed E-state index contributed by atoms with van der Waals surface area (Å²) in [4.78, 5) is 0. The molecule has 1 aliphatic rings. The average molecular weight is 241 g/mol. The number of para-hydroxylation sites is 1. The predicted octanol–water partition coefficient (Wildman–Crippen LogP) is 4.73. The predicted molar refractivity (Wildman–Crippen MR) is 74.4 cm³/mol. The highest BCUT2D eigenvalue weighted by Crippen LogP contribution is 2.32. The fraction of sp³-hybridized carbons (Fsp3) is 0.438. The van der Waals surface area contributed by atoms with Crippen LogP contribution < -0.4 is 0 Å². The number of fused-ring (bicyclic) bond motifs is 1. The highest BCUT2D eigenvalue weighted by molar-refractivity contribution is 5.87. The molecule has 0 radical (unpaired) electrons. The second-order valence-corrected chi connectivity index (χ2v) is 5.39. The van der Waals surface area contributed by atoms with Crippen LogP contribution in [0.15, 0.2) is 28.3 Å². The smallest absolute Gasteiger partial charge is 0.170 e. The minimum absolute atomic E-state index is 0.690. The standard InChI is InChI=1S/C16H19NO/c1-11-6-3-4-8-13(11)10-15-14-9-5-7-12(2)16(14)18-17-15/h5,7,9-11H,3-4,6,8H2,1-2H3/b13-10+. The number of hydrogen-bond acceptors (Lipinski definition) is 2. The highest BCUT2D eigenvalue weighted by Gasteiger charge is 2.16. The highest BCUT2D eigenvalue weighted by atomic mass is 16.5. The molecule has 1 aromatic carbocycles. The molecule has 94 valence electrons. The lowest BCUT2D eigenvalue weighted by Crippen LogP contribution is -2.05. The summed E-state index contributed by atoms with van der Waals surface area (Å²) in [7, 11) is 0. The second kappa shape index (κ2) is 4.60. The van der Waals surface area contributed by atoms with Crippen molar-refractivity contribution in [2.75, 3.05) is 0 Å². The van der Waals surface area contributed by atoms with Crippen molar-refractivity contribution < 1.29 is 4.52 Å². The van der Waals surface area contributed by atoms with Gasteiger partial charge < -0.3 is 4.52 Å². The Hall–Kier alpha value is -1.57. The molecular formula is C16H19NO. The summed E-state index contributed by atoms with van der Waals surface area (Å²) in [6.07, 6.45) is 7.43. The summed E-state index contributed by atoms with van der Waals surface area (Å²) >= 11 is 0. The lowest BCUT2D eigenvalue weighted by atomic mass is 9.85. The number of rotatable bonds is 1. The first-order valence-corrected chi connectivity index (χ1v) is 6.81. The molecule has 0 N–H and O–H groups in total. The van der Waals surface area contributed by atoms with Crippen LogP contribution in [0.5, 0.6) is 0 Å². The van der Waals surface area contributed by atoms with Gasteiger partial charge in [-0.3, -0.25) is 0 Å². The van der Waals surface area contributed by atoms with Crippen molar-refractivity contribution in [3.05, 3.63) is 35.0 Å². The zero-order valence-electron chi connectivity index (χ0n) is 11.1. The molecule has 2 aromatic rings. The average Bonchev–Trinajstić information content (AvgIpc) is 2.77. The van der Waals surface area contributed by atoms with Crippen molar-refractivity contribution in [3.8, 4) is 0 Å². The molecule has 1 atom stereocenters. The summed E-state index contributed by atoms with van der Waals surface area (Å²) in [5.74, 6) is 0.690. The molecule has 3 rings (SSSR count). The van der Waals surface area contributed by atoms with Gasteiger partial charge in [-0.05, 0) is 49.8 Å². The maximum Gasteiger partial charge on any atom is 0.170 e. The van der Waals surface area contributed by atoms with Crippen molar-refractivity contribution in [2.24, 2.45) is 5.92 Å². The Morgan fingerprint density at radius 1 is 1.33 bits per heavy atom. The van der Waals surface area contributed by atoms with E-state index in [0.29, 0.717) is 5.92 Å². The maximum atomic E-state index is 5.46. The molecule has 0 spiro atoms. The molecule has 1 fully saturated rings. The Morgan fingerprint density at radius 3 is 3.06 bits per heavy atom. The van der Waals surface area contributed by atoms with Gasteiger partial charge in [-0.15, -0.1) is 0 Å². The normalized spacial score (nSPS) is 22.8.